The number of aliphatic hydroxyl groups excluding tert-OH is 1. The highest BCUT2D eigenvalue weighted by Crippen LogP contribution is 2.42. The van der Waals surface area contributed by atoms with E-state index in [9.17, 15) is 5.11 Å². The minimum absolute atomic E-state index is 0.0278. The summed E-state index contributed by atoms with van der Waals surface area (Å²) in [4.78, 5) is 0. The van der Waals surface area contributed by atoms with E-state index in [0.29, 0.717) is 11.8 Å². The Morgan fingerprint density at radius 2 is 1.84 bits per heavy atom. The van der Waals surface area contributed by atoms with Crippen LogP contribution in [0.1, 0.15) is 38.5 Å². The number of hydrogen-bond donors (Lipinski definition) is 1. The summed E-state index contributed by atoms with van der Waals surface area (Å²) in [5.41, 5.74) is -0.0377. The third-order valence-electron chi connectivity index (χ3n) is 5.11. The quantitative estimate of drug-likeness (QED) is 0.845. The van der Waals surface area contributed by atoms with Crippen molar-refractivity contribution in [3.63, 3.8) is 0 Å². The number of hydrogen-bond acceptors (Lipinski definition) is 4. The summed E-state index contributed by atoms with van der Waals surface area (Å²) in [5, 5.41) is 10.6. The Labute approximate surface area is 115 Å². The van der Waals surface area contributed by atoms with E-state index in [1.165, 1.54) is 12.8 Å². The lowest BCUT2D eigenvalue weighted by Gasteiger charge is -2.45. The molecular formula is C15H26O4. The second-order valence-corrected chi connectivity index (χ2v) is 6.43. The van der Waals surface area contributed by atoms with Gasteiger partial charge >= 0.3 is 0 Å². The van der Waals surface area contributed by atoms with Crippen molar-refractivity contribution in [1.29, 1.82) is 0 Å². The predicted molar refractivity (Wildman–Crippen MR) is 71.0 cm³/mol. The van der Waals surface area contributed by atoms with Gasteiger partial charge in [-0.1, -0.05) is 0 Å². The molecule has 2 saturated heterocycles. The van der Waals surface area contributed by atoms with Crippen LogP contribution in [0.15, 0.2) is 0 Å². The molecule has 1 aliphatic carbocycles. The Balaban J connectivity index is 1.63. The lowest BCUT2D eigenvalue weighted by Crippen LogP contribution is -2.49. The molecule has 3 rings (SSSR count). The van der Waals surface area contributed by atoms with Crippen LogP contribution in [0.5, 0.6) is 0 Å². The second-order valence-electron chi connectivity index (χ2n) is 6.43. The van der Waals surface area contributed by atoms with Crippen LogP contribution >= 0.6 is 0 Å². The van der Waals surface area contributed by atoms with Gasteiger partial charge in [-0.2, -0.15) is 0 Å². The van der Waals surface area contributed by atoms with E-state index < -0.39 is 0 Å². The van der Waals surface area contributed by atoms with E-state index in [4.69, 9.17) is 14.2 Å². The number of rotatable bonds is 4. The summed E-state index contributed by atoms with van der Waals surface area (Å²) < 4.78 is 17.0. The van der Waals surface area contributed by atoms with Crippen molar-refractivity contribution in [1.82, 2.24) is 0 Å². The maximum atomic E-state index is 10.6. The van der Waals surface area contributed by atoms with Crippen LogP contribution in [0.4, 0.5) is 0 Å². The Bertz CT molecular complexity index is 291. The highest BCUT2D eigenvalue weighted by molar-refractivity contribution is 4.95. The van der Waals surface area contributed by atoms with Crippen molar-refractivity contribution in [2.45, 2.75) is 56.3 Å². The Morgan fingerprint density at radius 1 is 1.11 bits per heavy atom. The maximum Gasteiger partial charge on any atom is 0.0860 e. The van der Waals surface area contributed by atoms with Crippen molar-refractivity contribution in [3.8, 4) is 0 Å². The zero-order valence-corrected chi connectivity index (χ0v) is 11.8. The van der Waals surface area contributed by atoms with Crippen LogP contribution in [-0.4, -0.2) is 49.8 Å². The first kappa shape index (κ1) is 13.8. The van der Waals surface area contributed by atoms with Gasteiger partial charge in [0.1, 0.15) is 0 Å². The van der Waals surface area contributed by atoms with Crippen LogP contribution in [0.2, 0.25) is 0 Å². The van der Waals surface area contributed by atoms with E-state index in [-0.39, 0.29) is 17.8 Å². The van der Waals surface area contributed by atoms with Gasteiger partial charge in [0.2, 0.25) is 0 Å². The summed E-state index contributed by atoms with van der Waals surface area (Å²) in [5.74, 6) is 0.894. The summed E-state index contributed by atoms with van der Waals surface area (Å²) in [7, 11) is 1.73. The smallest absolute Gasteiger partial charge is 0.0860 e. The normalized spacial score (nSPS) is 34.1. The molecule has 3 unspecified atom stereocenters. The molecule has 2 aliphatic heterocycles. The average molecular weight is 270 g/mol. The van der Waals surface area contributed by atoms with E-state index in [1.54, 1.807) is 7.11 Å². The van der Waals surface area contributed by atoms with Gasteiger partial charge in [-0.3, -0.25) is 0 Å². The third-order valence-corrected chi connectivity index (χ3v) is 5.11. The van der Waals surface area contributed by atoms with Crippen molar-refractivity contribution in [3.05, 3.63) is 0 Å². The fourth-order valence-corrected chi connectivity index (χ4v) is 3.75. The Morgan fingerprint density at radius 3 is 2.47 bits per heavy atom. The monoisotopic (exact) mass is 270 g/mol. The van der Waals surface area contributed by atoms with Crippen molar-refractivity contribution in [2.24, 2.45) is 11.8 Å². The Kier molecular flexibility index (Phi) is 4.13. The van der Waals surface area contributed by atoms with Gasteiger partial charge in [-0.15, -0.1) is 0 Å². The zero-order chi connectivity index (χ0) is 13.3. The van der Waals surface area contributed by atoms with Gasteiger partial charge in [0.15, 0.2) is 0 Å². The van der Waals surface area contributed by atoms with Crippen LogP contribution in [0.25, 0.3) is 0 Å². The molecule has 0 aromatic rings. The fourth-order valence-electron chi connectivity index (χ4n) is 3.75. The number of ether oxygens (including phenoxy) is 3. The van der Waals surface area contributed by atoms with Crippen LogP contribution < -0.4 is 0 Å². The molecule has 19 heavy (non-hydrogen) atoms. The van der Waals surface area contributed by atoms with Crippen LogP contribution in [0, 0.1) is 11.8 Å². The SMILES string of the molecule is COC(C1CC1)C(O)C1CCOC2(CCOCC2)C1. The minimum atomic E-state index is -0.332. The molecule has 3 atom stereocenters. The van der Waals surface area contributed by atoms with Crippen molar-refractivity contribution >= 4 is 0 Å². The highest BCUT2D eigenvalue weighted by Gasteiger charge is 2.45. The zero-order valence-electron chi connectivity index (χ0n) is 11.8. The van der Waals surface area contributed by atoms with Gasteiger partial charge in [0, 0.05) is 26.9 Å². The van der Waals surface area contributed by atoms with E-state index in [0.717, 1.165) is 45.5 Å². The summed E-state index contributed by atoms with van der Waals surface area (Å²) >= 11 is 0. The molecule has 0 radical (unpaired) electrons. The molecule has 1 spiro atoms. The molecule has 110 valence electrons. The topological polar surface area (TPSA) is 47.9 Å². The lowest BCUT2D eigenvalue weighted by molar-refractivity contribution is -0.169. The van der Waals surface area contributed by atoms with Crippen molar-refractivity contribution < 1.29 is 19.3 Å². The third kappa shape index (κ3) is 2.97. The summed E-state index contributed by atoms with van der Waals surface area (Å²) in [6.07, 6.45) is 5.96. The standard InChI is InChI=1S/C15H26O4/c1-17-14(11-2-3-11)13(16)12-4-7-19-15(10-12)5-8-18-9-6-15/h11-14,16H,2-10H2,1H3. The second kappa shape index (κ2) is 5.68. The Hall–Kier alpha value is -0.160. The van der Waals surface area contributed by atoms with Crippen molar-refractivity contribution in [2.75, 3.05) is 26.9 Å². The molecule has 1 N–H and O–H groups in total. The summed E-state index contributed by atoms with van der Waals surface area (Å²) in [6.45, 7) is 2.35. The molecule has 2 heterocycles. The van der Waals surface area contributed by atoms with Crippen LogP contribution in [-0.2, 0) is 14.2 Å². The maximum absolute atomic E-state index is 10.6. The fraction of sp³-hybridized carbons (Fsp3) is 1.00. The largest absolute Gasteiger partial charge is 0.390 e. The molecule has 0 amide bonds. The van der Waals surface area contributed by atoms with E-state index >= 15 is 0 Å². The molecule has 4 heteroatoms. The molecule has 4 nitrogen and oxygen atoms in total. The van der Waals surface area contributed by atoms with Gasteiger partial charge < -0.3 is 19.3 Å². The van der Waals surface area contributed by atoms with E-state index in [1.807, 2.05) is 0 Å². The van der Waals surface area contributed by atoms with Gasteiger partial charge in [0.25, 0.3) is 0 Å². The first-order valence-corrected chi connectivity index (χ1v) is 7.67. The van der Waals surface area contributed by atoms with Gasteiger partial charge in [0.05, 0.1) is 17.8 Å². The first-order valence-electron chi connectivity index (χ1n) is 7.67. The molecule has 0 aromatic heterocycles. The lowest BCUT2D eigenvalue weighted by atomic mass is 9.77. The minimum Gasteiger partial charge on any atom is -0.390 e. The van der Waals surface area contributed by atoms with E-state index in [2.05, 4.69) is 0 Å². The van der Waals surface area contributed by atoms with Gasteiger partial charge in [-0.25, -0.2) is 0 Å². The molecule has 3 fully saturated rings. The first-order chi connectivity index (χ1) is 9.24. The molecule has 0 aromatic carbocycles. The van der Waals surface area contributed by atoms with Gasteiger partial charge in [-0.05, 0) is 50.4 Å². The molecule has 0 bridgehead atoms. The summed E-state index contributed by atoms with van der Waals surface area (Å²) in [6, 6.07) is 0. The number of aliphatic hydroxyl groups is 1. The predicted octanol–water partition coefficient (Wildman–Crippen LogP) is 1.75. The average Bonchev–Trinajstić information content (AvgIpc) is 3.25. The molecule has 3 aliphatic rings. The highest BCUT2D eigenvalue weighted by atomic mass is 16.5. The van der Waals surface area contributed by atoms with Crippen LogP contribution in [0.3, 0.4) is 0 Å². The number of methoxy groups -OCH3 is 1. The molecular weight excluding hydrogens is 244 g/mol. The molecule has 1 saturated carbocycles.